The van der Waals surface area contributed by atoms with Crippen molar-refractivity contribution < 1.29 is 4.79 Å². The molecule has 0 spiro atoms. The van der Waals surface area contributed by atoms with Crippen molar-refractivity contribution in [1.82, 2.24) is 14.7 Å². The average molecular weight is 326 g/mol. The maximum Gasteiger partial charge on any atom is 0.238 e. The minimum absolute atomic E-state index is 0.0413. The highest BCUT2D eigenvalue weighted by atomic mass is 16.2. The van der Waals surface area contributed by atoms with E-state index in [1.54, 1.807) is 4.68 Å². The molecule has 3 rings (SSSR count). The number of hydrogen-bond donors (Lipinski definition) is 1. The summed E-state index contributed by atoms with van der Waals surface area (Å²) in [6.45, 7) is 8.42. The first kappa shape index (κ1) is 16.7. The summed E-state index contributed by atoms with van der Waals surface area (Å²) in [5, 5.41) is 7.37. The molecule has 0 bridgehead atoms. The Kier molecular flexibility index (Phi) is 4.71. The molecule has 1 N–H and O–H groups in total. The van der Waals surface area contributed by atoms with Crippen LogP contribution in [0, 0.1) is 20.8 Å². The molecule has 1 saturated heterocycles. The summed E-state index contributed by atoms with van der Waals surface area (Å²) < 4.78 is 1.80. The molecule has 5 nitrogen and oxygen atoms in total. The zero-order valence-electron chi connectivity index (χ0n) is 15.0. The zero-order chi connectivity index (χ0) is 17.3. The maximum absolute atomic E-state index is 12.4. The van der Waals surface area contributed by atoms with Gasteiger partial charge in [0.1, 0.15) is 0 Å². The largest absolute Gasteiger partial charge is 0.322 e. The number of benzene rings is 1. The van der Waals surface area contributed by atoms with Gasteiger partial charge in [-0.1, -0.05) is 24.3 Å². The number of aryl methyl sites for hydroxylation is 3. The highest BCUT2D eigenvalue weighted by Gasteiger charge is 2.26. The molecule has 1 aromatic carbocycles. The predicted octanol–water partition coefficient (Wildman–Crippen LogP) is 2.77. The van der Waals surface area contributed by atoms with Crippen molar-refractivity contribution in [3.63, 3.8) is 0 Å². The fourth-order valence-corrected chi connectivity index (χ4v) is 3.61. The Bertz CT molecular complexity index is 750. The molecule has 0 aliphatic carbocycles. The van der Waals surface area contributed by atoms with Gasteiger partial charge in [-0.05, 0) is 50.8 Å². The van der Waals surface area contributed by atoms with Gasteiger partial charge in [-0.25, -0.2) is 0 Å². The Morgan fingerprint density at radius 3 is 2.71 bits per heavy atom. The molecular weight excluding hydrogens is 300 g/mol. The summed E-state index contributed by atoms with van der Waals surface area (Å²) in [6, 6.07) is 8.56. The number of carbonyl (C=O) groups is 1. The van der Waals surface area contributed by atoms with E-state index in [1.807, 2.05) is 20.9 Å². The number of rotatable bonds is 4. The van der Waals surface area contributed by atoms with Gasteiger partial charge >= 0.3 is 0 Å². The summed E-state index contributed by atoms with van der Waals surface area (Å²) in [5.41, 5.74) is 5.45. The lowest BCUT2D eigenvalue weighted by atomic mass is 9.94. The van der Waals surface area contributed by atoms with Crippen LogP contribution < -0.4 is 5.32 Å². The van der Waals surface area contributed by atoms with Crippen molar-refractivity contribution in [2.75, 3.05) is 25.0 Å². The van der Waals surface area contributed by atoms with E-state index in [2.05, 4.69) is 46.5 Å². The van der Waals surface area contributed by atoms with Gasteiger partial charge in [-0.2, -0.15) is 5.10 Å². The average Bonchev–Trinajstić information content (AvgIpc) is 3.08. The van der Waals surface area contributed by atoms with Crippen molar-refractivity contribution in [1.29, 1.82) is 0 Å². The quantitative estimate of drug-likeness (QED) is 0.940. The lowest BCUT2D eigenvalue weighted by Crippen LogP contribution is -2.31. The third-order valence-electron chi connectivity index (χ3n) is 5.04. The molecule has 5 heteroatoms. The highest BCUT2D eigenvalue weighted by Crippen LogP contribution is 2.29. The summed E-state index contributed by atoms with van der Waals surface area (Å²) in [6.07, 6.45) is 1.11. The van der Waals surface area contributed by atoms with Crippen molar-refractivity contribution in [2.45, 2.75) is 33.1 Å². The second kappa shape index (κ2) is 6.77. The second-order valence-corrected chi connectivity index (χ2v) is 6.79. The van der Waals surface area contributed by atoms with E-state index in [-0.39, 0.29) is 5.91 Å². The van der Waals surface area contributed by atoms with Crippen LogP contribution in [0.15, 0.2) is 24.3 Å². The Labute approximate surface area is 143 Å². The van der Waals surface area contributed by atoms with Crippen molar-refractivity contribution in [3.05, 3.63) is 46.8 Å². The number of nitrogens with one attached hydrogen (secondary N) is 1. The summed E-state index contributed by atoms with van der Waals surface area (Å²) in [4.78, 5) is 14.6. The van der Waals surface area contributed by atoms with Crippen LogP contribution in [0.5, 0.6) is 0 Å². The molecule has 2 heterocycles. The number of amides is 1. The molecular formula is C19H26N4O. The summed E-state index contributed by atoms with van der Waals surface area (Å²) in [7, 11) is 1.89. The number of hydrogen-bond acceptors (Lipinski definition) is 3. The number of aromatic nitrogens is 2. The Morgan fingerprint density at radius 2 is 2.04 bits per heavy atom. The van der Waals surface area contributed by atoms with Gasteiger partial charge in [0.25, 0.3) is 0 Å². The summed E-state index contributed by atoms with van der Waals surface area (Å²) >= 11 is 0. The molecule has 1 aliphatic heterocycles. The fraction of sp³-hybridized carbons (Fsp3) is 0.474. The molecule has 1 aromatic heterocycles. The topological polar surface area (TPSA) is 50.2 Å². The minimum atomic E-state index is 0.0413. The lowest BCUT2D eigenvalue weighted by Gasteiger charge is -2.17. The third kappa shape index (κ3) is 3.36. The van der Waals surface area contributed by atoms with E-state index in [9.17, 15) is 4.79 Å². The Morgan fingerprint density at radius 1 is 1.29 bits per heavy atom. The summed E-state index contributed by atoms with van der Waals surface area (Å²) in [5.74, 6) is 0.570. The zero-order valence-corrected chi connectivity index (χ0v) is 15.0. The first-order chi connectivity index (χ1) is 11.5. The van der Waals surface area contributed by atoms with Crippen LogP contribution in [-0.4, -0.2) is 40.2 Å². The molecule has 24 heavy (non-hydrogen) atoms. The maximum atomic E-state index is 12.4. The van der Waals surface area contributed by atoms with Gasteiger partial charge in [0.05, 0.1) is 23.6 Å². The highest BCUT2D eigenvalue weighted by molar-refractivity contribution is 5.93. The number of carbonyl (C=O) groups excluding carboxylic acids is 1. The molecule has 2 aromatic rings. The van der Waals surface area contributed by atoms with E-state index < -0.39 is 0 Å². The predicted molar refractivity (Wildman–Crippen MR) is 96.3 cm³/mol. The monoisotopic (exact) mass is 326 g/mol. The first-order valence-corrected chi connectivity index (χ1v) is 8.53. The molecule has 0 saturated carbocycles. The minimum Gasteiger partial charge on any atom is -0.322 e. The van der Waals surface area contributed by atoms with Crippen molar-refractivity contribution in [3.8, 4) is 0 Å². The SMILES string of the molecule is Cc1ccccc1[C@H]1CCN(CC(=O)Nc2c(C)nn(C)c2C)C1. The first-order valence-electron chi connectivity index (χ1n) is 8.53. The van der Waals surface area contributed by atoms with Crippen LogP contribution in [0.1, 0.15) is 34.9 Å². The van der Waals surface area contributed by atoms with Gasteiger partial charge in [0, 0.05) is 13.6 Å². The van der Waals surface area contributed by atoms with Crippen molar-refractivity contribution in [2.24, 2.45) is 7.05 Å². The van der Waals surface area contributed by atoms with Gasteiger partial charge in [-0.15, -0.1) is 0 Å². The molecule has 1 atom stereocenters. The number of nitrogens with zero attached hydrogens (tertiary/aromatic N) is 3. The second-order valence-electron chi connectivity index (χ2n) is 6.79. The van der Waals surface area contributed by atoms with E-state index in [4.69, 9.17) is 0 Å². The normalized spacial score (nSPS) is 18.1. The van der Waals surface area contributed by atoms with Gasteiger partial charge < -0.3 is 5.32 Å². The van der Waals surface area contributed by atoms with Crippen LogP contribution in [-0.2, 0) is 11.8 Å². The van der Waals surface area contributed by atoms with Crippen LogP contribution >= 0.6 is 0 Å². The van der Waals surface area contributed by atoms with Crippen molar-refractivity contribution >= 4 is 11.6 Å². The van der Waals surface area contributed by atoms with E-state index in [1.165, 1.54) is 11.1 Å². The van der Waals surface area contributed by atoms with Crippen LogP contribution in [0.3, 0.4) is 0 Å². The number of anilines is 1. The lowest BCUT2D eigenvalue weighted by molar-refractivity contribution is -0.117. The van der Waals surface area contributed by atoms with Crippen LogP contribution in [0.4, 0.5) is 5.69 Å². The molecule has 1 fully saturated rings. The smallest absolute Gasteiger partial charge is 0.238 e. The number of likely N-dealkylation sites (tertiary alicyclic amines) is 1. The van der Waals surface area contributed by atoms with E-state index >= 15 is 0 Å². The van der Waals surface area contributed by atoms with E-state index in [0.29, 0.717) is 12.5 Å². The Balaban J connectivity index is 1.59. The fourth-order valence-electron chi connectivity index (χ4n) is 3.61. The van der Waals surface area contributed by atoms with E-state index in [0.717, 1.165) is 36.6 Å². The third-order valence-corrected chi connectivity index (χ3v) is 5.04. The molecule has 1 aliphatic rings. The van der Waals surface area contributed by atoms with Crippen LogP contribution in [0.25, 0.3) is 0 Å². The van der Waals surface area contributed by atoms with Crippen LogP contribution in [0.2, 0.25) is 0 Å². The molecule has 1 amide bonds. The molecule has 128 valence electrons. The van der Waals surface area contributed by atoms with Gasteiger partial charge in [0.2, 0.25) is 5.91 Å². The standard InChI is InChI=1S/C19H26N4O/c1-13-7-5-6-8-17(13)16-9-10-23(11-16)12-18(24)20-19-14(2)21-22(4)15(19)3/h5-8,16H,9-12H2,1-4H3,(H,20,24)/t16-/m0/s1. The molecule has 0 unspecified atom stereocenters. The van der Waals surface area contributed by atoms with Gasteiger partial charge in [0.15, 0.2) is 0 Å². The van der Waals surface area contributed by atoms with Gasteiger partial charge in [-0.3, -0.25) is 14.4 Å². The molecule has 0 radical (unpaired) electrons. The Hall–Kier alpha value is -2.14.